The average molecular weight is 306 g/mol. The topological polar surface area (TPSA) is 26.2 Å². The highest BCUT2D eigenvalue weighted by atomic mass is 16.5. The number of hydrogen-bond acceptors (Lipinski definition) is 2. The van der Waals surface area contributed by atoms with Gasteiger partial charge in [0.2, 0.25) is 0 Å². The Bertz CT molecular complexity index is 821. The molecule has 118 valence electrons. The molecule has 0 aliphatic carbocycles. The highest BCUT2D eigenvalue weighted by Gasteiger charge is 2.17. The molecule has 1 aromatic heterocycles. The summed E-state index contributed by atoms with van der Waals surface area (Å²) in [5, 5.41) is 4.86. The van der Waals surface area contributed by atoms with Gasteiger partial charge < -0.3 is 14.6 Å². The van der Waals surface area contributed by atoms with Crippen molar-refractivity contribution in [3.8, 4) is 5.75 Å². The molecule has 3 aromatic rings. The minimum Gasteiger partial charge on any atom is -0.489 e. The number of rotatable bonds is 3. The number of aryl methyl sites for hydroxylation is 1. The summed E-state index contributed by atoms with van der Waals surface area (Å²) >= 11 is 0. The SMILES string of the molecule is Cn1c2c(c3ccc(OCc4ccccc4)cc31)CCNCC2. The maximum atomic E-state index is 5.99. The molecule has 0 radical (unpaired) electrons. The summed E-state index contributed by atoms with van der Waals surface area (Å²) < 4.78 is 8.33. The molecule has 1 aliphatic heterocycles. The first kappa shape index (κ1) is 14.3. The Morgan fingerprint density at radius 2 is 1.87 bits per heavy atom. The largest absolute Gasteiger partial charge is 0.489 e. The van der Waals surface area contributed by atoms with E-state index in [4.69, 9.17) is 4.74 Å². The standard InChI is InChI=1S/C20H22N2O/c1-22-19-10-12-21-11-9-18(19)17-8-7-16(13-20(17)22)23-14-15-5-3-2-4-6-15/h2-8,13,21H,9-12,14H2,1H3. The highest BCUT2D eigenvalue weighted by molar-refractivity contribution is 5.87. The van der Waals surface area contributed by atoms with Gasteiger partial charge >= 0.3 is 0 Å². The molecule has 0 unspecified atom stereocenters. The van der Waals surface area contributed by atoms with E-state index in [0.717, 1.165) is 31.7 Å². The van der Waals surface area contributed by atoms with Crippen molar-refractivity contribution < 1.29 is 4.74 Å². The summed E-state index contributed by atoms with van der Waals surface area (Å²) in [5.41, 5.74) is 5.44. The zero-order chi connectivity index (χ0) is 15.6. The smallest absolute Gasteiger partial charge is 0.121 e. The Kier molecular flexibility index (Phi) is 3.80. The lowest BCUT2D eigenvalue weighted by Gasteiger charge is -2.08. The first-order chi connectivity index (χ1) is 11.3. The average Bonchev–Trinajstić information content (AvgIpc) is 2.76. The van der Waals surface area contributed by atoms with Gasteiger partial charge in [-0.25, -0.2) is 0 Å². The van der Waals surface area contributed by atoms with Crippen molar-refractivity contribution in [2.45, 2.75) is 19.4 Å². The second-order valence-electron chi connectivity index (χ2n) is 6.19. The molecule has 0 amide bonds. The molecule has 4 rings (SSSR count). The van der Waals surface area contributed by atoms with Crippen LogP contribution in [-0.2, 0) is 26.5 Å². The van der Waals surface area contributed by atoms with Crippen LogP contribution in [0.15, 0.2) is 48.5 Å². The first-order valence-electron chi connectivity index (χ1n) is 8.30. The van der Waals surface area contributed by atoms with E-state index in [1.807, 2.05) is 18.2 Å². The molecule has 0 spiro atoms. The minimum absolute atomic E-state index is 0.612. The lowest BCUT2D eigenvalue weighted by Crippen LogP contribution is -2.17. The van der Waals surface area contributed by atoms with E-state index in [0.29, 0.717) is 6.61 Å². The molecule has 23 heavy (non-hydrogen) atoms. The molecule has 3 heteroatoms. The normalized spacial score (nSPS) is 14.5. The van der Waals surface area contributed by atoms with Crippen molar-refractivity contribution >= 4 is 10.9 Å². The van der Waals surface area contributed by atoms with Gasteiger partial charge in [-0.2, -0.15) is 0 Å². The number of aromatic nitrogens is 1. The van der Waals surface area contributed by atoms with Gasteiger partial charge in [0.1, 0.15) is 12.4 Å². The van der Waals surface area contributed by atoms with Crippen LogP contribution in [0.3, 0.4) is 0 Å². The quantitative estimate of drug-likeness (QED) is 0.802. The zero-order valence-corrected chi connectivity index (χ0v) is 13.5. The van der Waals surface area contributed by atoms with Crippen LogP contribution in [0.25, 0.3) is 10.9 Å². The van der Waals surface area contributed by atoms with Crippen LogP contribution >= 0.6 is 0 Å². The van der Waals surface area contributed by atoms with Gasteiger partial charge in [0.15, 0.2) is 0 Å². The van der Waals surface area contributed by atoms with Crippen LogP contribution in [0, 0.1) is 0 Å². The number of hydrogen-bond donors (Lipinski definition) is 1. The third kappa shape index (κ3) is 2.73. The highest BCUT2D eigenvalue weighted by Crippen LogP contribution is 2.30. The van der Waals surface area contributed by atoms with E-state index >= 15 is 0 Å². The van der Waals surface area contributed by atoms with E-state index in [1.165, 1.54) is 27.7 Å². The minimum atomic E-state index is 0.612. The summed E-state index contributed by atoms with van der Waals surface area (Å²) in [6.45, 7) is 2.74. The van der Waals surface area contributed by atoms with E-state index in [1.54, 1.807) is 0 Å². The molecule has 0 saturated carbocycles. The van der Waals surface area contributed by atoms with Crippen LogP contribution < -0.4 is 10.1 Å². The van der Waals surface area contributed by atoms with Gasteiger partial charge in [-0.1, -0.05) is 30.3 Å². The summed E-state index contributed by atoms with van der Waals surface area (Å²) in [6.07, 6.45) is 2.21. The van der Waals surface area contributed by atoms with Crippen LogP contribution in [-0.4, -0.2) is 17.7 Å². The molecular weight excluding hydrogens is 284 g/mol. The number of fused-ring (bicyclic) bond motifs is 3. The Morgan fingerprint density at radius 3 is 2.74 bits per heavy atom. The van der Waals surface area contributed by atoms with Crippen molar-refractivity contribution in [1.29, 1.82) is 0 Å². The van der Waals surface area contributed by atoms with E-state index < -0.39 is 0 Å². The molecular formula is C20H22N2O. The maximum absolute atomic E-state index is 5.99. The van der Waals surface area contributed by atoms with Gasteiger partial charge in [-0.3, -0.25) is 0 Å². The van der Waals surface area contributed by atoms with Gasteiger partial charge in [-0.15, -0.1) is 0 Å². The number of nitrogens with zero attached hydrogens (tertiary/aromatic N) is 1. The number of ether oxygens (including phenoxy) is 1. The molecule has 0 bridgehead atoms. The van der Waals surface area contributed by atoms with Crippen molar-refractivity contribution in [1.82, 2.24) is 9.88 Å². The van der Waals surface area contributed by atoms with Crippen LogP contribution in [0.5, 0.6) is 5.75 Å². The number of nitrogens with one attached hydrogen (secondary N) is 1. The molecule has 2 aromatic carbocycles. The second kappa shape index (κ2) is 6.09. The fourth-order valence-electron chi connectivity index (χ4n) is 3.52. The second-order valence-corrected chi connectivity index (χ2v) is 6.19. The molecule has 0 fully saturated rings. The molecule has 1 aliphatic rings. The molecule has 1 N–H and O–H groups in total. The molecule has 0 atom stereocenters. The van der Waals surface area contributed by atoms with E-state index in [-0.39, 0.29) is 0 Å². The summed E-state index contributed by atoms with van der Waals surface area (Å²) in [5.74, 6) is 0.940. The van der Waals surface area contributed by atoms with Crippen LogP contribution in [0.2, 0.25) is 0 Å². The Balaban J connectivity index is 1.64. The monoisotopic (exact) mass is 306 g/mol. The number of benzene rings is 2. The Morgan fingerprint density at radius 1 is 1.04 bits per heavy atom. The van der Waals surface area contributed by atoms with Crippen LogP contribution in [0.1, 0.15) is 16.8 Å². The zero-order valence-electron chi connectivity index (χ0n) is 13.5. The predicted octanol–water partition coefficient (Wildman–Crippen LogP) is 3.45. The summed E-state index contributed by atoms with van der Waals surface area (Å²) in [6, 6.07) is 16.8. The molecule has 0 saturated heterocycles. The fourth-order valence-corrected chi connectivity index (χ4v) is 3.52. The van der Waals surface area contributed by atoms with Crippen molar-refractivity contribution in [2.24, 2.45) is 7.05 Å². The van der Waals surface area contributed by atoms with Crippen molar-refractivity contribution in [3.05, 3.63) is 65.4 Å². The Labute approximate surface area is 136 Å². The molecule has 3 nitrogen and oxygen atoms in total. The van der Waals surface area contributed by atoms with E-state index in [9.17, 15) is 0 Å². The van der Waals surface area contributed by atoms with Crippen LogP contribution in [0.4, 0.5) is 0 Å². The lowest BCUT2D eigenvalue weighted by molar-refractivity contribution is 0.306. The van der Waals surface area contributed by atoms with Gasteiger partial charge in [-0.05, 0) is 36.2 Å². The molecule has 2 heterocycles. The van der Waals surface area contributed by atoms with Crippen molar-refractivity contribution in [2.75, 3.05) is 13.1 Å². The lowest BCUT2D eigenvalue weighted by atomic mass is 10.1. The Hall–Kier alpha value is -2.26. The van der Waals surface area contributed by atoms with E-state index in [2.05, 4.69) is 47.3 Å². The first-order valence-corrected chi connectivity index (χ1v) is 8.30. The third-order valence-corrected chi connectivity index (χ3v) is 4.75. The predicted molar refractivity (Wildman–Crippen MR) is 94.0 cm³/mol. The summed E-state index contributed by atoms with van der Waals surface area (Å²) in [4.78, 5) is 0. The van der Waals surface area contributed by atoms with Gasteiger partial charge in [0, 0.05) is 37.2 Å². The van der Waals surface area contributed by atoms with Gasteiger partial charge in [0.05, 0.1) is 5.52 Å². The van der Waals surface area contributed by atoms with Crippen molar-refractivity contribution in [3.63, 3.8) is 0 Å². The fraction of sp³-hybridized carbons (Fsp3) is 0.300. The maximum Gasteiger partial charge on any atom is 0.121 e. The summed E-state index contributed by atoms with van der Waals surface area (Å²) in [7, 11) is 2.17. The van der Waals surface area contributed by atoms with Gasteiger partial charge in [0.25, 0.3) is 0 Å². The third-order valence-electron chi connectivity index (χ3n) is 4.75.